The number of allylic oxidation sites excluding steroid dienone is 1. The van der Waals surface area contributed by atoms with Gasteiger partial charge in [0.25, 0.3) is 0 Å². The highest BCUT2D eigenvalue weighted by Gasteiger charge is 2.14. The number of rotatable bonds is 3. The second kappa shape index (κ2) is 5.62. The summed E-state index contributed by atoms with van der Waals surface area (Å²) >= 11 is 0. The van der Waals surface area contributed by atoms with Crippen LogP contribution in [-0.2, 0) is 4.74 Å². The van der Waals surface area contributed by atoms with Gasteiger partial charge < -0.3 is 4.74 Å². The Kier molecular flexibility index (Phi) is 5.19. The maximum Gasteiger partial charge on any atom is 0.411 e. The Morgan fingerprint density at radius 2 is 2.08 bits per heavy atom. The lowest BCUT2D eigenvalue weighted by Crippen LogP contribution is -2.29. The Balaban J connectivity index is 3.64. The van der Waals surface area contributed by atoms with Gasteiger partial charge in [-0.2, -0.15) is 0 Å². The van der Waals surface area contributed by atoms with Crippen LogP contribution in [-0.4, -0.2) is 11.7 Å². The third-order valence-electron chi connectivity index (χ3n) is 1.17. The first kappa shape index (κ1) is 12.0. The molecule has 0 unspecified atom stereocenters. The highest BCUT2D eigenvalue weighted by atomic mass is 16.6. The second-order valence-electron chi connectivity index (χ2n) is 3.84. The smallest absolute Gasteiger partial charge is 0.411 e. The number of hydrogen-bond donors (Lipinski definition) is 1. The van der Waals surface area contributed by atoms with E-state index in [1.165, 1.54) is 0 Å². The molecule has 0 aliphatic carbocycles. The number of carbonyl (C=O) groups is 1. The quantitative estimate of drug-likeness (QED) is 0.734. The van der Waals surface area contributed by atoms with Crippen LogP contribution in [0.1, 0.15) is 40.5 Å². The van der Waals surface area contributed by atoms with Crippen LogP contribution in [0.15, 0.2) is 12.3 Å². The summed E-state index contributed by atoms with van der Waals surface area (Å²) in [6.07, 6.45) is 5.17. The Morgan fingerprint density at radius 1 is 1.46 bits per heavy atom. The van der Waals surface area contributed by atoms with Crippen molar-refractivity contribution in [3.8, 4) is 0 Å². The van der Waals surface area contributed by atoms with Gasteiger partial charge in [0.2, 0.25) is 0 Å². The lowest BCUT2D eigenvalue weighted by atomic mass is 10.2. The molecule has 0 aromatic carbocycles. The van der Waals surface area contributed by atoms with Crippen LogP contribution in [0.2, 0.25) is 0 Å². The first-order valence-corrected chi connectivity index (χ1v) is 4.60. The van der Waals surface area contributed by atoms with Gasteiger partial charge in [-0.15, -0.1) is 0 Å². The van der Waals surface area contributed by atoms with Gasteiger partial charge >= 0.3 is 6.09 Å². The predicted molar refractivity (Wildman–Crippen MR) is 53.4 cm³/mol. The van der Waals surface area contributed by atoms with Crippen molar-refractivity contribution in [3.63, 3.8) is 0 Å². The van der Waals surface area contributed by atoms with E-state index >= 15 is 0 Å². The van der Waals surface area contributed by atoms with Crippen molar-refractivity contribution < 1.29 is 9.53 Å². The first-order chi connectivity index (χ1) is 5.95. The third-order valence-corrected chi connectivity index (χ3v) is 1.17. The second-order valence-corrected chi connectivity index (χ2v) is 3.84. The summed E-state index contributed by atoms with van der Waals surface area (Å²) in [4.78, 5) is 11.0. The summed E-state index contributed by atoms with van der Waals surface area (Å²) in [6, 6.07) is 0. The van der Waals surface area contributed by atoms with Crippen LogP contribution in [0.25, 0.3) is 0 Å². The van der Waals surface area contributed by atoms with Gasteiger partial charge in [-0.3, -0.25) is 5.32 Å². The Morgan fingerprint density at radius 3 is 2.54 bits per heavy atom. The van der Waals surface area contributed by atoms with E-state index < -0.39 is 11.7 Å². The number of hydrogen-bond acceptors (Lipinski definition) is 2. The van der Waals surface area contributed by atoms with Crippen LogP contribution < -0.4 is 5.32 Å². The predicted octanol–water partition coefficient (Wildman–Crippen LogP) is 2.82. The van der Waals surface area contributed by atoms with Crippen molar-refractivity contribution in [2.75, 3.05) is 0 Å². The summed E-state index contributed by atoms with van der Waals surface area (Å²) in [7, 11) is 0. The Bertz CT molecular complexity index is 180. The monoisotopic (exact) mass is 185 g/mol. The number of unbranched alkanes of at least 4 members (excludes halogenated alkanes) is 1. The molecule has 3 heteroatoms. The number of ether oxygens (including phenoxy) is 1. The van der Waals surface area contributed by atoms with E-state index in [0.717, 1.165) is 12.8 Å². The van der Waals surface area contributed by atoms with Gasteiger partial charge in [0.05, 0.1) is 0 Å². The first-order valence-electron chi connectivity index (χ1n) is 4.60. The fourth-order valence-electron chi connectivity index (χ4n) is 0.685. The molecule has 0 saturated heterocycles. The van der Waals surface area contributed by atoms with Gasteiger partial charge in [0.1, 0.15) is 5.60 Å². The zero-order valence-electron chi connectivity index (χ0n) is 8.89. The van der Waals surface area contributed by atoms with E-state index in [1.807, 2.05) is 26.8 Å². The lowest BCUT2D eigenvalue weighted by Gasteiger charge is -2.18. The molecule has 13 heavy (non-hydrogen) atoms. The maximum atomic E-state index is 11.0. The normalized spacial score (nSPS) is 11.7. The van der Waals surface area contributed by atoms with Crippen molar-refractivity contribution in [1.82, 2.24) is 5.32 Å². The molecule has 3 nitrogen and oxygen atoms in total. The summed E-state index contributed by atoms with van der Waals surface area (Å²) in [5, 5.41) is 2.53. The zero-order valence-corrected chi connectivity index (χ0v) is 8.89. The minimum atomic E-state index is -0.428. The van der Waals surface area contributed by atoms with E-state index in [9.17, 15) is 4.79 Å². The van der Waals surface area contributed by atoms with Crippen LogP contribution in [0.3, 0.4) is 0 Å². The van der Waals surface area contributed by atoms with Crippen LogP contribution >= 0.6 is 0 Å². The van der Waals surface area contributed by atoms with E-state index in [-0.39, 0.29) is 0 Å². The van der Waals surface area contributed by atoms with Crippen molar-refractivity contribution >= 4 is 6.09 Å². The van der Waals surface area contributed by atoms with Gasteiger partial charge in [-0.25, -0.2) is 4.79 Å². The van der Waals surface area contributed by atoms with Gasteiger partial charge in [-0.05, 0) is 27.2 Å². The summed E-state index contributed by atoms with van der Waals surface area (Å²) in [5.74, 6) is 0. The van der Waals surface area contributed by atoms with E-state index in [1.54, 1.807) is 6.20 Å². The van der Waals surface area contributed by atoms with Crippen molar-refractivity contribution in [1.29, 1.82) is 0 Å². The minimum Gasteiger partial charge on any atom is -0.444 e. The maximum absolute atomic E-state index is 11.0. The molecule has 0 bridgehead atoms. The molecule has 76 valence electrons. The third kappa shape index (κ3) is 8.92. The summed E-state index contributed by atoms with van der Waals surface area (Å²) in [5.41, 5.74) is -0.428. The van der Waals surface area contributed by atoms with Crippen molar-refractivity contribution in [3.05, 3.63) is 12.3 Å². The van der Waals surface area contributed by atoms with E-state index in [2.05, 4.69) is 12.2 Å². The van der Waals surface area contributed by atoms with Crippen LogP contribution in [0.4, 0.5) is 4.79 Å². The molecule has 0 rings (SSSR count). The van der Waals surface area contributed by atoms with E-state index in [0.29, 0.717) is 0 Å². The fraction of sp³-hybridized carbons (Fsp3) is 0.700. The average molecular weight is 185 g/mol. The molecule has 0 atom stereocenters. The fourth-order valence-corrected chi connectivity index (χ4v) is 0.685. The molecule has 0 aromatic heterocycles. The molecule has 0 spiro atoms. The van der Waals surface area contributed by atoms with Crippen LogP contribution in [0, 0.1) is 0 Å². The van der Waals surface area contributed by atoms with Crippen molar-refractivity contribution in [2.24, 2.45) is 0 Å². The molecule has 0 aliphatic rings. The SMILES string of the molecule is CCC/C=C\NC(=O)OC(C)(C)C. The summed E-state index contributed by atoms with van der Waals surface area (Å²) < 4.78 is 5.02. The Labute approximate surface area is 80.2 Å². The highest BCUT2D eigenvalue weighted by Crippen LogP contribution is 2.06. The minimum absolute atomic E-state index is 0.403. The molecule has 0 fully saturated rings. The van der Waals surface area contributed by atoms with E-state index in [4.69, 9.17) is 4.74 Å². The molecule has 0 heterocycles. The molecule has 0 aromatic rings. The summed E-state index contributed by atoms with van der Waals surface area (Å²) in [6.45, 7) is 7.59. The average Bonchev–Trinajstić information content (AvgIpc) is 1.94. The van der Waals surface area contributed by atoms with Crippen LogP contribution in [0.5, 0.6) is 0 Å². The molecule has 0 aliphatic heterocycles. The molecule has 0 saturated carbocycles. The lowest BCUT2D eigenvalue weighted by molar-refractivity contribution is 0.0552. The molecule has 1 amide bonds. The number of nitrogens with one attached hydrogen (secondary N) is 1. The number of carbonyl (C=O) groups excluding carboxylic acids is 1. The molecular weight excluding hydrogens is 166 g/mol. The number of amides is 1. The number of alkyl carbamates (subject to hydrolysis) is 1. The van der Waals surface area contributed by atoms with Gasteiger partial charge in [0.15, 0.2) is 0 Å². The standard InChI is InChI=1S/C10H19NO2/c1-5-6-7-8-11-9(12)13-10(2,3)4/h7-8H,5-6H2,1-4H3,(H,11,12)/b8-7-. The highest BCUT2D eigenvalue weighted by molar-refractivity contribution is 5.68. The topological polar surface area (TPSA) is 38.3 Å². The molecule has 1 N–H and O–H groups in total. The molecule has 0 radical (unpaired) electrons. The largest absolute Gasteiger partial charge is 0.444 e. The zero-order chi connectivity index (χ0) is 10.3. The Hall–Kier alpha value is -0.990. The molecular formula is C10H19NO2. The van der Waals surface area contributed by atoms with Gasteiger partial charge in [0, 0.05) is 6.20 Å². The van der Waals surface area contributed by atoms with Gasteiger partial charge in [-0.1, -0.05) is 19.4 Å². The van der Waals surface area contributed by atoms with Crippen molar-refractivity contribution in [2.45, 2.75) is 46.1 Å².